The Labute approximate surface area is 111 Å². The SMILES string of the molecule is O=C(CCCl)N1CCc2[nH]c3ccccc3c2C1. The zero-order valence-electron chi connectivity index (χ0n) is 10.1. The largest absolute Gasteiger partial charge is 0.358 e. The second kappa shape index (κ2) is 4.65. The van der Waals surface area contributed by atoms with Crippen molar-refractivity contribution in [1.29, 1.82) is 0 Å². The van der Waals surface area contributed by atoms with Gasteiger partial charge in [0.15, 0.2) is 0 Å². The lowest BCUT2D eigenvalue weighted by Gasteiger charge is -2.27. The number of halogens is 1. The number of alkyl halides is 1. The minimum Gasteiger partial charge on any atom is -0.358 e. The topological polar surface area (TPSA) is 36.1 Å². The Morgan fingerprint density at radius 1 is 1.39 bits per heavy atom. The molecule has 94 valence electrons. The molecule has 0 spiro atoms. The van der Waals surface area contributed by atoms with Crippen molar-refractivity contribution in [3.8, 4) is 0 Å². The normalized spacial score (nSPS) is 14.8. The summed E-state index contributed by atoms with van der Waals surface area (Å²) in [5.74, 6) is 0.553. The van der Waals surface area contributed by atoms with Gasteiger partial charge in [0.25, 0.3) is 0 Å². The molecule has 4 heteroatoms. The van der Waals surface area contributed by atoms with E-state index in [0.717, 1.165) is 18.5 Å². The van der Waals surface area contributed by atoms with E-state index < -0.39 is 0 Å². The summed E-state index contributed by atoms with van der Waals surface area (Å²) in [6.07, 6.45) is 1.33. The van der Waals surface area contributed by atoms with Gasteiger partial charge in [-0.05, 0) is 6.07 Å². The van der Waals surface area contributed by atoms with Crippen LogP contribution in [0, 0.1) is 0 Å². The first-order chi connectivity index (χ1) is 8.79. The number of nitrogens with zero attached hydrogens (tertiary/aromatic N) is 1. The van der Waals surface area contributed by atoms with Crippen molar-refractivity contribution >= 4 is 28.4 Å². The third-order valence-corrected chi connectivity index (χ3v) is 3.73. The summed E-state index contributed by atoms with van der Waals surface area (Å²) in [5.41, 5.74) is 3.69. The Bertz CT molecular complexity index is 590. The number of amides is 1. The van der Waals surface area contributed by atoms with Gasteiger partial charge in [-0.3, -0.25) is 4.79 Å². The van der Waals surface area contributed by atoms with E-state index in [0.29, 0.717) is 18.8 Å². The fraction of sp³-hybridized carbons (Fsp3) is 0.357. The predicted molar refractivity (Wildman–Crippen MR) is 72.8 cm³/mol. The number of hydrogen-bond acceptors (Lipinski definition) is 1. The van der Waals surface area contributed by atoms with Crippen molar-refractivity contribution in [2.24, 2.45) is 0 Å². The first-order valence-electron chi connectivity index (χ1n) is 6.22. The van der Waals surface area contributed by atoms with Gasteiger partial charge in [0.1, 0.15) is 0 Å². The molecule has 1 amide bonds. The molecular weight excluding hydrogens is 248 g/mol. The van der Waals surface area contributed by atoms with E-state index in [9.17, 15) is 4.79 Å². The number of hydrogen-bond donors (Lipinski definition) is 1. The summed E-state index contributed by atoms with van der Waals surface area (Å²) in [5, 5.41) is 1.23. The van der Waals surface area contributed by atoms with Gasteiger partial charge in [-0.15, -0.1) is 11.6 Å². The fourth-order valence-corrected chi connectivity index (χ4v) is 2.78. The molecule has 0 saturated carbocycles. The molecule has 2 aromatic rings. The molecule has 0 aliphatic carbocycles. The maximum absolute atomic E-state index is 11.9. The Hall–Kier alpha value is -1.48. The summed E-state index contributed by atoms with van der Waals surface area (Å²) < 4.78 is 0. The Kier molecular flexibility index (Phi) is 3.00. The lowest BCUT2D eigenvalue weighted by molar-refractivity contribution is -0.131. The van der Waals surface area contributed by atoms with Gasteiger partial charge in [0, 0.05) is 54.0 Å². The Morgan fingerprint density at radius 3 is 3.06 bits per heavy atom. The van der Waals surface area contributed by atoms with Gasteiger partial charge in [-0.25, -0.2) is 0 Å². The van der Waals surface area contributed by atoms with Crippen LogP contribution in [0.25, 0.3) is 10.9 Å². The molecule has 1 N–H and O–H groups in total. The average Bonchev–Trinajstić information content (AvgIpc) is 2.76. The average molecular weight is 263 g/mol. The molecule has 0 bridgehead atoms. The van der Waals surface area contributed by atoms with Crippen molar-refractivity contribution in [2.75, 3.05) is 12.4 Å². The first-order valence-corrected chi connectivity index (χ1v) is 6.75. The molecule has 0 atom stereocenters. The molecule has 1 aliphatic rings. The molecule has 1 aromatic heterocycles. The van der Waals surface area contributed by atoms with E-state index in [1.807, 2.05) is 17.0 Å². The number of carbonyl (C=O) groups is 1. The maximum Gasteiger partial charge on any atom is 0.224 e. The number of aromatic nitrogens is 1. The molecule has 2 heterocycles. The molecule has 3 nitrogen and oxygen atoms in total. The van der Waals surface area contributed by atoms with Crippen LogP contribution in [0.5, 0.6) is 0 Å². The monoisotopic (exact) mass is 262 g/mol. The highest BCUT2D eigenvalue weighted by Gasteiger charge is 2.23. The van der Waals surface area contributed by atoms with Crippen molar-refractivity contribution in [1.82, 2.24) is 9.88 Å². The summed E-state index contributed by atoms with van der Waals surface area (Å²) in [4.78, 5) is 17.2. The summed E-state index contributed by atoms with van der Waals surface area (Å²) in [6.45, 7) is 1.49. The smallest absolute Gasteiger partial charge is 0.224 e. The van der Waals surface area contributed by atoms with Gasteiger partial charge >= 0.3 is 0 Å². The maximum atomic E-state index is 11.9. The summed E-state index contributed by atoms with van der Waals surface area (Å²) >= 11 is 5.64. The third-order valence-electron chi connectivity index (χ3n) is 3.54. The molecule has 0 fully saturated rings. The molecule has 0 saturated heterocycles. The van der Waals surface area contributed by atoms with Crippen LogP contribution in [-0.2, 0) is 17.8 Å². The lowest BCUT2D eigenvalue weighted by Crippen LogP contribution is -2.35. The highest BCUT2D eigenvalue weighted by molar-refractivity contribution is 6.18. The number of carbonyl (C=O) groups excluding carboxylic acids is 1. The van der Waals surface area contributed by atoms with Crippen LogP contribution in [0.3, 0.4) is 0 Å². The highest BCUT2D eigenvalue weighted by atomic mass is 35.5. The van der Waals surface area contributed by atoms with E-state index in [1.54, 1.807) is 0 Å². The van der Waals surface area contributed by atoms with E-state index in [4.69, 9.17) is 11.6 Å². The number of aromatic amines is 1. The van der Waals surface area contributed by atoms with E-state index >= 15 is 0 Å². The zero-order chi connectivity index (χ0) is 12.5. The molecular formula is C14H15ClN2O. The second-order valence-corrected chi connectivity index (χ2v) is 5.01. The van der Waals surface area contributed by atoms with Gasteiger partial charge in [0.2, 0.25) is 5.91 Å². The van der Waals surface area contributed by atoms with E-state index in [-0.39, 0.29) is 5.91 Å². The summed E-state index contributed by atoms with van der Waals surface area (Å²) in [6, 6.07) is 8.26. The van der Waals surface area contributed by atoms with E-state index in [1.165, 1.54) is 16.6 Å². The predicted octanol–water partition coefficient (Wildman–Crippen LogP) is 2.68. The third kappa shape index (κ3) is 1.89. The van der Waals surface area contributed by atoms with Crippen molar-refractivity contribution < 1.29 is 4.79 Å². The number of H-pyrrole nitrogens is 1. The Balaban J connectivity index is 1.94. The molecule has 3 rings (SSSR count). The van der Waals surface area contributed by atoms with Gasteiger partial charge < -0.3 is 9.88 Å². The number of para-hydroxylation sites is 1. The second-order valence-electron chi connectivity index (χ2n) is 4.63. The minimum atomic E-state index is 0.154. The van der Waals surface area contributed by atoms with Crippen molar-refractivity contribution in [3.05, 3.63) is 35.5 Å². The van der Waals surface area contributed by atoms with Crippen molar-refractivity contribution in [2.45, 2.75) is 19.4 Å². The highest BCUT2D eigenvalue weighted by Crippen LogP contribution is 2.27. The number of rotatable bonds is 2. The van der Waals surface area contributed by atoms with Crippen LogP contribution < -0.4 is 0 Å². The van der Waals surface area contributed by atoms with Crippen LogP contribution >= 0.6 is 11.6 Å². The number of benzene rings is 1. The van der Waals surface area contributed by atoms with Crippen LogP contribution in [0.4, 0.5) is 0 Å². The molecule has 1 aliphatic heterocycles. The van der Waals surface area contributed by atoms with Gasteiger partial charge in [0.05, 0.1) is 0 Å². The first kappa shape index (κ1) is 11.6. The van der Waals surface area contributed by atoms with Crippen LogP contribution in [0.1, 0.15) is 17.7 Å². The van der Waals surface area contributed by atoms with Crippen LogP contribution in [-0.4, -0.2) is 28.2 Å². The van der Waals surface area contributed by atoms with Gasteiger partial charge in [-0.2, -0.15) is 0 Å². The molecule has 0 radical (unpaired) electrons. The van der Waals surface area contributed by atoms with Crippen LogP contribution in [0.15, 0.2) is 24.3 Å². The standard InChI is InChI=1S/C14H15ClN2O/c15-7-5-14(18)17-8-6-13-11(9-17)10-3-1-2-4-12(10)16-13/h1-4,16H,5-9H2. The zero-order valence-corrected chi connectivity index (χ0v) is 10.8. The fourth-order valence-electron chi connectivity index (χ4n) is 2.62. The molecule has 18 heavy (non-hydrogen) atoms. The van der Waals surface area contributed by atoms with Gasteiger partial charge in [-0.1, -0.05) is 18.2 Å². The lowest BCUT2D eigenvalue weighted by atomic mass is 10.0. The quantitative estimate of drug-likeness (QED) is 0.830. The van der Waals surface area contributed by atoms with Crippen molar-refractivity contribution in [3.63, 3.8) is 0 Å². The summed E-state index contributed by atoms with van der Waals surface area (Å²) in [7, 11) is 0. The van der Waals surface area contributed by atoms with Crippen LogP contribution in [0.2, 0.25) is 0 Å². The number of nitrogens with one attached hydrogen (secondary N) is 1. The van der Waals surface area contributed by atoms with E-state index in [2.05, 4.69) is 17.1 Å². The molecule has 0 unspecified atom stereocenters. The number of fused-ring (bicyclic) bond motifs is 3. The Morgan fingerprint density at radius 2 is 2.22 bits per heavy atom. The molecule has 1 aromatic carbocycles. The minimum absolute atomic E-state index is 0.154.